The summed E-state index contributed by atoms with van der Waals surface area (Å²) in [7, 11) is 0. The highest BCUT2D eigenvalue weighted by molar-refractivity contribution is 5.76. The summed E-state index contributed by atoms with van der Waals surface area (Å²) < 4.78 is 5.30. The van der Waals surface area contributed by atoms with Crippen molar-refractivity contribution in [1.29, 1.82) is 0 Å². The maximum absolute atomic E-state index is 12.1. The number of carbonyl (C=O) groups excluding carboxylic acids is 1. The van der Waals surface area contributed by atoms with Gasteiger partial charge in [0.15, 0.2) is 0 Å². The van der Waals surface area contributed by atoms with Gasteiger partial charge in [0.25, 0.3) is 0 Å². The summed E-state index contributed by atoms with van der Waals surface area (Å²) in [6.45, 7) is 4.89. The van der Waals surface area contributed by atoms with Crippen LogP contribution in [0, 0.1) is 11.8 Å². The zero-order valence-corrected chi connectivity index (χ0v) is 12.0. The number of β-amino-alcohol motifs (C(OH)–C–C–N with tert-alkyl or cyclic N) is 1. The van der Waals surface area contributed by atoms with Crippen LogP contribution in [-0.4, -0.2) is 48.3 Å². The summed E-state index contributed by atoms with van der Waals surface area (Å²) >= 11 is 0. The summed E-state index contributed by atoms with van der Waals surface area (Å²) in [4.78, 5) is 14.0. The van der Waals surface area contributed by atoms with Gasteiger partial charge in [-0.2, -0.15) is 0 Å². The molecule has 19 heavy (non-hydrogen) atoms. The van der Waals surface area contributed by atoms with Crippen molar-refractivity contribution < 1.29 is 14.6 Å². The van der Waals surface area contributed by atoms with E-state index >= 15 is 0 Å². The zero-order valence-electron chi connectivity index (χ0n) is 12.0. The highest BCUT2D eigenvalue weighted by atomic mass is 16.5. The van der Waals surface area contributed by atoms with E-state index in [1.54, 1.807) is 0 Å². The molecule has 2 rings (SSSR count). The van der Waals surface area contributed by atoms with Crippen molar-refractivity contribution in [2.24, 2.45) is 11.8 Å². The van der Waals surface area contributed by atoms with Gasteiger partial charge in [-0.15, -0.1) is 0 Å². The molecule has 0 aliphatic carbocycles. The maximum Gasteiger partial charge on any atom is 0.222 e. The van der Waals surface area contributed by atoms with E-state index in [0.717, 1.165) is 32.4 Å². The van der Waals surface area contributed by atoms with E-state index in [4.69, 9.17) is 4.74 Å². The van der Waals surface area contributed by atoms with Crippen LogP contribution in [0.4, 0.5) is 0 Å². The molecule has 0 aromatic carbocycles. The number of aliphatic hydroxyl groups excluding tert-OH is 1. The number of amides is 1. The van der Waals surface area contributed by atoms with E-state index in [-0.39, 0.29) is 11.8 Å². The Morgan fingerprint density at radius 3 is 2.95 bits per heavy atom. The van der Waals surface area contributed by atoms with Crippen LogP contribution in [0.15, 0.2) is 0 Å². The van der Waals surface area contributed by atoms with Crippen LogP contribution in [-0.2, 0) is 9.53 Å². The van der Waals surface area contributed by atoms with Gasteiger partial charge in [-0.25, -0.2) is 0 Å². The van der Waals surface area contributed by atoms with Crippen molar-refractivity contribution in [3.05, 3.63) is 0 Å². The van der Waals surface area contributed by atoms with E-state index in [1.807, 2.05) is 4.90 Å². The highest BCUT2D eigenvalue weighted by Crippen LogP contribution is 2.24. The first-order valence-corrected chi connectivity index (χ1v) is 7.74. The Balaban J connectivity index is 1.83. The molecule has 3 atom stereocenters. The Kier molecular flexibility index (Phi) is 5.64. The number of ether oxygens (including phenoxy) is 1. The fourth-order valence-electron chi connectivity index (χ4n) is 3.21. The molecule has 0 saturated carbocycles. The van der Waals surface area contributed by atoms with Crippen LogP contribution >= 0.6 is 0 Å². The smallest absolute Gasteiger partial charge is 0.222 e. The maximum atomic E-state index is 12.1. The van der Waals surface area contributed by atoms with E-state index in [0.29, 0.717) is 25.5 Å². The van der Waals surface area contributed by atoms with E-state index < -0.39 is 6.10 Å². The second kappa shape index (κ2) is 7.25. The minimum atomic E-state index is -0.422. The number of hydrogen-bond donors (Lipinski definition) is 1. The Hall–Kier alpha value is -0.610. The molecule has 3 unspecified atom stereocenters. The number of likely N-dealkylation sites (tertiary alicyclic amines) is 1. The average Bonchev–Trinajstić information content (AvgIpc) is 2.88. The summed E-state index contributed by atoms with van der Waals surface area (Å²) in [6, 6.07) is 0. The summed E-state index contributed by atoms with van der Waals surface area (Å²) in [6.07, 6.45) is 5.68. The zero-order chi connectivity index (χ0) is 13.7. The molecule has 1 N–H and O–H groups in total. The highest BCUT2D eigenvalue weighted by Gasteiger charge is 2.29. The van der Waals surface area contributed by atoms with Crippen molar-refractivity contribution in [2.45, 2.75) is 51.6 Å². The van der Waals surface area contributed by atoms with Gasteiger partial charge < -0.3 is 14.7 Å². The Labute approximate surface area is 116 Å². The standard InChI is InChI=1S/C15H27NO3/c1-2-3-12-4-5-15(18)16(8-6-12)10-14(17)13-7-9-19-11-13/h12-14,17H,2-11H2,1H3. The lowest BCUT2D eigenvalue weighted by atomic mass is 9.96. The number of nitrogens with zero attached hydrogens (tertiary/aromatic N) is 1. The van der Waals surface area contributed by atoms with E-state index in [2.05, 4.69) is 6.92 Å². The number of carbonyl (C=O) groups is 1. The molecule has 0 spiro atoms. The number of rotatable bonds is 5. The molecule has 4 nitrogen and oxygen atoms in total. The molecule has 2 heterocycles. The topological polar surface area (TPSA) is 49.8 Å². The average molecular weight is 269 g/mol. The van der Waals surface area contributed by atoms with Gasteiger partial charge in [-0.1, -0.05) is 19.8 Å². The molecule has 2 saturated heterocycles. The Morgan fingerprint density at radius 2 is 2.26 bits per heavy atom. The van der Waals surface area contributed by atoms with Crippen LogP contribution in [0.5, 0.6) is 0 Å². The molecule has 4 heteroatoms. The molecule has 0 aromatic rings. The number of aliphatic hydroxyl groups is 1. The normalized spacial score (nSPS) is 30.4. The Morgan fingerprint density at radius 1 is 1.42 bits per heavy atom. The quantitative estimate of drug-likeness (QED) is 0.828. The predicted octanol–water partition coefficient (Wildman–Crippen LogP) is 1.81. The van der Waals surface area contributed by atoms with Crippen molar-refractivity contribution in [1.82, 2.24) is 4.90 Å². The van der Waals surface area contributed by atoms with Crippen molar-refractivity contribution >= 4 is 5.91 Å². The molecule has 2 fully saturated rings. The summed E-state index contributed by atoms with van der Waals surface area (Å²) in [5.74, 6) is 1.12. The van der Waals surface area contributed by atoms with Crippen molar-refractivity contribution in [2.75, 3.05) is 26.3 Å². The fourth-order valence-corrected chi connectivity index (χ4v) is 3.21. The minimum Gasteiger partial charge on any atom is -0.391 e. The molecule has 110 valence electrons. The summed E-state index contributed by atoms with van der Waals surface area (Å²) in [5.41, 5.74) is 0. The molecule has 0 aromatic heterocycles. The molecule has 1 amide bonds. The van der Waals surface area contributed by atoms with Gasteiger partial charge in [-0.3, -0.25) is 4.79 Å². The predicted molar refractivity (Wildman–Crippen MR) is 73.8 cm³/mol. The van der Waals surface area contributed by atoms with Crippen molar-refractivity contribution in [3.63, 3.8) is 0 Å². The minimum absolute atomic E-state index is 0.211. The van der Waals surface area contributed by atoms with Gasteiger partial charge in [0.1, 0.15) is 0 Å². The van der Waals surface area contributed by atoms with Crippen LogP contribution in [0.2, 0.25) is 0 Å². The van der Waals surface area contributed by atoms with Gasteiger partial charge in [0.05, 0.1) is 12.7 Å². The lowest BCUT2D eigenvalue weighted by Crippen LogP contribution is -2.40. The lowest BCUT2D eigenvalue weighted by molar-refractivity contribution is -0.132. The van der Waals surface area contributed by atoms with Gasteiger partial charge in [0, 0.05) is 32.0 Å². The largest absolute Gasteiger partial charge is 0.391 e. The lowest BCUT2D eigenvalue weighted by Gasteiger charge is -2.26. The van der Waals surface area contributed by atoms with E-state index in [9.17, 15) is 9.90 Å². The second-order valence-electron chi connectivity index (χ2n) is 6.01. The fraction of sp³-hybridized carbons (Fsp3) is 0.933. The third kappa shape index (κ3) is 4.18. The summed E-state index contributed by atoms with van der Waals surface area (Å²) in [5, 5.41) is 10.2. The molecule has 0 radical (unpaired) electrons. The van der Waals surface area contributed by atoms with Gasteiger partial charge in [-0.05, 0) is 25.2 Å². The monoisotopic (exact) mass is 269 g/mol. The number of hydrogen-bond acceptors (Lipinski definition) is 3. The molecule has 0 bridgehead atoms. The molecule has 2 aliphatic heterocycles. The third-order valence-electron chi connectivity index (χ3n) is 4.54. The van der Waals surface area contributed by atoms with Crippen molar-refractivity contribution in [3.8, 4) is 0 Å². The van der Waals surface area contributed by atoms with Crippen LogP contribution < -0.4 is 0 Å². The second-order valence-corrected chi connectivity index (χ2v) is 6.01. The third-order valence-corrected chi connectivity index (χ3v) is 4.54. The van der Waals surface area contributed by atoms with E-state index in [1.165, 1.54) is 12.8 Å². The van der Waals surface area contributed by atoms with Crippen LogP contribution in [0.1, 0.15) is 45.4 Å². The van der Waals surface area contributed by atoms with Crippen LogP contribution in [0.3, 0.4) is 0 Å². The molecular weight excluding hydrogens is 242 g/mol. The van der Waals surface area contributed by atoms with Crippen LogP contribution in [0.25, 0.3) is 0 Å². The Bertz CT molecular complexity index is 289. The first-order chi connectivity index (χ1) is 9.20. The SMILES string of the molecule is CCCC1CCC(=O)N(CC(O)C2CCOC2)CC1. The van der Waals surface area contributed by atoms with Gasteiger partial charge >= 0.3 is 0 Å². The first-order valence-electron chi connectivity index (χ1n) is 7.74. The van der Waals surface area contributed by atoms with Gasteiger partial charge in [0.2, 0.25) is 5.91 Å². The molecular formula is C15H27NO3. The molecule has 2 aliphatic rings. The first kappa shape index (κ1) is 14.8.